The maximum Gasteiger partial charge on any atom is 0.407 e. The van der Waals surface area contributed by atoms with Gasteiger partial charge in [0.2, 0.25) is 11.8 Å². The van der Waals surface area contributed by atoms with E-state index in [-0.39, 0.29) is 47.8 Å². The lowest BCUT2D eigenvalue weighted by molar-refractivity contribution is -0.137. The Hall–Kier alpha value is -5.66. The van der Waals surface area contributed by atoms with E-state index in [2.05, 4.69) is 69.1 Å². The number of ether oxygens (including phenoxy) is 2. The molecule has 0 radical (unpaired) electrons. The molecule has 294 valence electrons. The summed E-state index contributed by atoms with van der Waals surface area (Å²) in [7, 11) is 2.60. The summed E-state index contributed by atoms with van der Waals surface area (Å²) in [6.07, 6.45) is 6.06. The van der Waals surface area contributed by atoms with Gasteiger partial charge in [-0.3, -0.25) is 9.59 Å². The van der Waals surface area contributed by atoms with Gasteiger partial charge in [-0.15, -0.1) is 0 Å². The first kappa shape index (κ1) is 37.3. The summed E-state index contributed by atoms with van der Waals surface area (Å²) in [5.41, 5.74) is 5.85. The van der Waals surface area contributed by atoms with Gasteiger partial charge in [-0.1, -0.05) is 76.2 Å². The number of alkyl carbamates (subject to hydrolysis) is 2. The van der Waals surface area contributed by atoms with E-state index in [9.17, 15) is 19.2 Å². The highest BCUT2D eigenvalue weighted by molar-refractivity contribution is 5.88. The number of piperidine rings is 2. The topological polar surface area (TPSA) is 175 Å². The zero-order chi connectivity index (χ0) is 39.4. The molecular weight excluding hydrogens is 713 g/mol. The molecule has 2 aliphatic carbocycles. The summed E-state index contributed by atoms with van der Waals surface area (Å²) in [6.45, 7) is 7.67. The molecule has 2 saturated heterocycles. The Morgan fingerprint density at radius 3 is 1.30 bits per heavy atom. The molecule has 14 heteroatoms. The third-order valence-corrected chi connectivity index (χ3v) is 12.0. The molecule has 2 aliphatic heterocycles. The van der Waals surface area contributed by atoms with Gasteiger partial charge < -0.3 is 39.9 Å². The average molecular weight is 763 g/mol. The highest BCUT2D eigenvalue weighted by Gasteiger charge is 2.57. The van der Waals surface area contributed by atoms with Crippen LogP contribution in [0.25, 0.3) is 33.6 Å². The number of amides is 4. The van der Waals surface area contributed by atoms with Crippen molar-refractivity contribution in [2.75, 3.05) is 14.2 Å². The largest absolute Gasteiger partial charge is 0.453 e. The molecule has 56 heavy (non-hydrogen) atoms. The predicted octanol–water partition coefficient (Wildman–Crippen LogP) is 6.22. The average Bonchev–Trinajstić information content (AvgIpc) is 3.79. The highest BCUT2D eigenvalue weighted by atomic mass is 16.5. The Labute approximate surface area is 326 Å². The van der Waals surface area contributed by atoms with Crippen molar-refractivity contribution >= 4 is 24.0 Å². The standard InChI is InChI=1S/C42H50N8O6/c1-21(2)35(47-41(53)55-5)39(51)49-31-15-27(31)17-33(49)37-43-19-29(45-37)25-11-7-23(8-12-25)24-9-13-26(14-10-24)30-20-44-38(46-30)34-18-28-16-32(28)50(34)40(52)36(22(3)4)48-42(54)56-6/h7-14,19-22,27-28,31-36H,15-18H2,1-6H3,(H,43,45)(H,44,46)(H,47,53)(H,48,54). The highest BCUT2D eigenvalue weighted by Crippen LogP contribution is 2.54. The van der Waals surface area contributed by atoms with E-state index >= 15 is 0 Å². The van der Waals surface area contributed by atoms with Gasteiger partial charge in [0.15, 0.2) is 0 Å². The molecule has 8 rings (SSSR count). The molecule has 0 spiro atoms. The summed E-state index contributed by atoms with van der Waals surface area (Å²) in [6, 6.07) is 15.2. The van der Waals surface area contributed by atoms with Crippen LogP contribution >= 0.6 is 0 Å². The number of hydrogen-bond donors (Lipinski definition) is 4. The number of benzene rings is 2. The van der Waals surface area contributed by atoms with Gasteiger partial charge in [0.05, 0.1) is 50.1 Å². The lowest BCUT2D eigenvalue weighted by Crippen LogP contribution is -2.52. The van der Waals surface area contributed by atoms with Gasteiger partial charge in [0.1, 0.15) is 23.7 Å². The smallest absolute Gasteiger partial charge is 0.407 e. The number of carbonyl (C=O) groups excluding carboxylic acids is 4. The van der Waals surface area contributed by atoms with Gasteiger partial charge in [-0.2, -0.15) is 0 Å². The zero-order valence-corrected chi connectivity index (χ0v) is 32.6. The van der Waals surface area contributed by atoms with Crippen LogP contribution in [0.1, 0.15) is 77.1 Å². The number of aromatic amines is 2. The number of carbonyl (C=O) groups is 4. The quantitative estimate of drug-likeness (QED) is 0.139. The van der Waals surface area contributed by atoms with Crippen molar-refractivity contribution in [2.45, 2.75) is 89.6 Å². The molecule has 2 saturated carbocycles. The van der Waals surface area contributed by atoms with Crippen LogP contribution in [-0.2, 0) is 19.1 Å². The molecule has 14 nitrogen and oxygen atoms in total. The van der Waals surface area contributed by atoms with Crippen LogP contribution in [0.4, 0.5) is 9.59 Å². The summed E-state index contributed by atoms with van der Waals surface area (Å²) in [5, 5.41) is 5.47. The van der Waals surface area contributed by atoms with Crippen LogP contribution in [0.5, 0.6) is 0 Å². The van der Waals surface area contributed by atoms with Crippen molar-refractivity contribution in [3.05, 3.63) is 72.6 Å². The second kappa shape index (κ2) is 14.8. The third kappa shape index (κ3) is 7.01. The summed E-state index contributed by atoms with van der Waals surface area (Å²) in [5.74, 6) is 2.01. The van der Waals surface area contributed by atoms with E-state index in [1.165, 1.54) is 14.2 Å². The van der Waals surface area contributed by atoms with E-state index in [0.29, 0.717) is 11.8 Å². The fourth-order valence-corrected chi connectivity index (χ4v) is 8.74. The number of likely N-dealkylation sites (tertiary alicyclic amines) is 2. The monoisotopic (exact) mass is 762 g/mol. The Morgan fingerprint density at radius 2 is 0.964 bits per heavy atom. The van der Waals surface area contributed by atoms with Gasteiger partial charge in [-0.25, -0.2) is 19.6 Å². The minimum Gasteiger partial charge on any atom is -0.453 e. The second-order valence-electron chi connectivity index (χ2n) is 16.4. The first-order chi connectivity index (χ1) is 26.9. The molecule has 0 bridgehead atoms. The Bertz CT molecular complexity index is 1960. The summed E-state index contributed by atoms with van der Waals surface area (Å²) in [4.78, 5) is 71.9. The summed E-state index contributed by atoms with van der Waals surface area (Å²) < 4.78 is 9.58. The van der Waals surface area contributed by atoms with Crippen LogP contribution in [0.2, 0.25) is 0 Å². The number of rotatable bonds is 11. The number of nitrogens with one attached hydrogen (secondary N) is 4. The Morgan fingerprint density at radius 1 is 0.607 bits per heavy atom. The molecule has 4 aromatic rings. The third-order valence-electron chi connectivity index (χ3n) is 12.0. The normalized spacial score (nSPS) is 24.4. The second-order valence-corrected chi connectivity index (χ2v) is 16.4. The Balaban J connectivity index is 0.931. The van der Waals surface area contributed by atoms with Crippen molar-refractivity contribution in [2.24, 2.45) is 23.7 Å². The number of methoxy groups -OCH3 is 2. The van der Waals surface area contributed by atoms with Crippen LogP contribution < -0.4 is 10.6 Å². The van der Waals surface area contributed by atoms with Crippen LogP contribution in [-0.4, -0.2) is 92.1 Å². The minimum absolute atomic E-state index is 0.0971. The predicted molar refractivity (Wildman–Crippen MR) is 208 cm³/mol. The maximum atomic E-state index is 13.8. The van der Waals surface area contributed by atoms with Crippen molar-refractivity contribution in [1.82, 2.24) is 40.4 Å². The van der Waals surface area contributed by atoms with Gasteiger partial charge in [0.25, 0.3) is 0 Å². The van der Waals surface area contributed by atoms with E-state index < -0.39 is 24.3 Å². The van der Waals surface area contributed by atoms with E-state index in [4.69, 9.17) is 19.4 Å². The van der Waals surface area contributed by atoms with Crippen LogP contribution in [0, 0.1) is 23.7 Å². The molecule has 4 N–H and O–H groups in total. The number of H-pyrrole nitrogens is 2. The van der Waals surface area contributed by atoms with Crippen molar-refractivity contribution in [3.8, 4) is 33.6 Å². The number of fused-ring (bicyclic) bond motifs is 2. The molecule has 4 amide bonds. The number of aromatic nitrogens is 4. The SMILES string of the molecule is COC(=O)NC(C(=O)N1C(c2ncc(-c3ccc(-c4ccc(-c5cnc(C6CC7CC7N6C(=O)C(NC(=O)OC)C(C)C)[nH]5)cc4)cc3)[nH]2)CC2CC21)C(C)C. The van der Waals surface area contributed by atoms with Gasteiger partial charge >= 0.3 is 12.2 Å². The van der Waals surface area contributed by atoms with Gasteiger partial charge in [-0.05, 0) is 71.6 Å². The fourth-order valence-electron chi connectivity index (χ4n) is 8.74. The molecule has 4 fully saturated rings. The molecule has 2 aromatic carbocycles. The van der Waals surface area contributed by atoms with Gasteiger partial charge in [0, 0.05) is 12.1 Å². The van der Waals surface area contributed by atoms with Crippen LogP contribution in [0.15, 0.2) is 60.9 Å². The summed E-state index contributed by atoms with van der Waals surface area (Å²) >= 11 is 0. The first-order valence-electron chi connectivity index (χ1n) is 19.6. The molecule has 4 heterocycles. The number of nitrogens with zero attached hydrogens (tertiary/aromatic N) is 4. The fraction of sp³-hybridized carbons (Fsp3) is 0.476. The Kier molecular flexibility index (Phi) is 9.83. The first-order valence-corrected chi connectivity index (χ1v) is 19.6. The minimum atomic E-state index is -0.676. The maximum absolute atomic E-state index is 13.8. The van der Waals surface area contributed by atoms with Crippen molar-refractivity contribution in [1.29, 1.82) is 0 Å². The molecule has 8 unspecified atom stereocenters. The molecular formula is C42H50N8O6. The number of hydrogen-bond acceptors (Lipinski definition) is 8. The lowest BCUT2D eigenvalue weighted by atomic mass is 10.0. The van der Waals surface area contributed by atoms with Crippen LogP contribution in [0.3, 0.4) is 0 Å². The molecule has 8 atom stereocenters. The zero-order valence-electron chi connectivity index (χ0n) is 32.6. The molecule has 4 aliphatic rings. The van der Waals surface area contributed by atoms with Crippen molar-refractivity contribution < 1.29 is 28.7 Å². The number of imidazole rings is 2. The van der Waals surface area contributed by atoms with Crippen molar-refractivity contribution in [3.63, 3.8) is 0 Å². The molecule has 2 aromatic heterocycles. The lowest BCUT2D eigenvalue weighted by Gasteiger charge is -2.31. The van der Waals surface area contributed by atoms with E-state index in [1.807, 2.05) is 49.9 Å². The van der Waals surface area contributed by atoms with E-state index in [0.717, 1.165) is 71.0 Å². The van der Waals surface area contributed by atoms with E-state index in [1.54, 1.807) is 0 Å².